The van der Waals surface area contributed by atoms with Gasteiger partial charge in [0, 0.05) is 24.0 Å². The number of cyclic esters (lactones) is 1. The fourth-order valence-corrected chi connectivity index (χ4v) is 3.45. The van der Waals surface area contributed by atoms with Crippen molar-refractivity contribution in [3.63, 3.8) is 0 Å². The summed E-state index contributed by atoms with van der Waals surface area (Å²) in [5.41, 5.74) is 1.14. The van der Waals surface area contributed by atoms with E-state index in [0.29, 0.717) is 6.61 Å². The van der Waals surface area contributed by atoms with E-state index in [-0.39, 0.29) is 24.2 Å². The second-order valence-corrected chi connectivity index (χ2v) is 6.23. The molecule has 0 N–H and O–H groups in total. The fourth-order valence-electron chi connectivity index (χ4n) is 2.91. The average Bonchev–Trinajstić information content (AvgIpc) is 2.78. The van der Waals surface area contributed by atoms with Crippen molar-refractivity contribution in [3.05, 3.63) is 34.3 Å². The van der Waals surface area contributed by atoms with Crippen molar-refractivity contribution in [2.75, 3.05) is 19.7 Å². The summed E-state index contributed by atoms with van der Waals surface area (Å²) in [6.45, 7) is 4.11. The van der Waals surface area contributed by atoms with Gasteiger partial charge in [0.2, 0.25) is 0 Å². The molecule has 0 radical (unpaired) electrons. The second kappa shape index (κ2) is 5.84. The Balaban J connectivity index is 1.74. The van der Waals surface area contributed by atoms with Gasteiger partial charge in [0.15, 0.2) is 0 Å². The van der Waals surface area contributed by atoms with Crippen LogP contribution in [0.15, 0.2) is 28.7 Å². The molecular weight excluding hydrogens is 322 g/mol. The van der Waals surface area contributed by atoms with Gasteiger partial charge >= 0.3 is 5.97 Å². The summed E-state index contributed by atoms with van der Waals surface area (Å²) >= 11 is 3.57. The largest absolute Gasteiger partial charge is 0.461 e. The van der Waals surface area contributed by atoms with Gasteiger partial charge in [-0.1, -0.05) is 34.1 Å². The molecule has 3 atom stereocenters. The quantitative estimate of drug-likeness (QED) is 0.776. The number of carbonyl (C=O) groups excluding carboxylic acids is 1. The molecule has 0 aliphatic carbocycles. The van der Waals surface area contributed by atoms with Crippen molar-refractivity contribution in [3.8, 4) is 0 Å². The van der Waals surface area contributed by atoms with Gasteiger partial charge in [0.1, 0.15) is 12.1 Å². The zero-order chi connectivity index (χ0) is 14.1. The molecule has 20 heavy (non-hydrogen) atoms. The summed E-state index contributed by atoms with van der Waals surface area (Å²) in [7, 11) is 0. The van der Waals surface area contributed by atoms with Gasteiger partial charge in [-0.3, -0.25) is 9.69 Å². The molecule has 0 amide bonds. The molecule has 0 bridgehead atoms. The number of hydrogen-bond acceptors (Lipinski definition) is 4. The summed E-state index contributed by atoms with van der Waals surface area (Å²) < 4.78 is 12.2. The van der Waals surface area contributed by atoms with E-state index in [1.54, 1.807) is 0 Å². The highest BCUT2D eigenvalue weighted by Gasteiger charge is 2.39. The van der Waals surface area contributed by atoms with Crippen LogP contribution in [-0.4, -0.2) is 42.7 Å². The lowest BCUT2D eigenvalue weighted by molar-refractivity contribution is -0.147. The van der Waals surface area contributed by atoms with Crippen LogP contribution in [0.2, 0.25) is 0 Å². The summed E-state index contributed by atoms with van der Waals surface area (Å²) in [5, 5.41) is 0. The second-order valence-electron chi connectivity index (χ2n) is 5.37. The first kappa shape index (κ1) is 14.0. The van der Waals surface area contributed by atoms with Gasteiger partial charge < -0.3 is 9.47 Å². The molecule has 1 aromatic carbocycles. The molecule has 3 unspecified atom stereocenters. The molecule has 2 fully saturated rings. The first-order valence-corrected chi connectivity index (χ1v) is 7.75. The number of rotatable bonds is 2. The van der Waals surface area contributed by atoms with E-state index in [1.165, 1.54) is 0 Å². The standard InChI is InChI=1S/C15H18BrNO3/c1-10-8-13(15(18)20-10)17-6-7-19-14(9-17)11-4-2-3-5-12(11)16/h2-5,10,13-14H,6-9H2,1H3. The number of nitrogens with zero attached hydrogens (tertiary/aromatic N) is 1. The first-order chi connectivity index (χ1) is 9.65. The molecule has 0 saturated carbocycles. The maximum Gasteiger partial charge on any atom is 0.323 e. The van der Waals surface area contributed by atoms with E-state index in [9.17, 15) is 4.79 Å². The average molecular weight is 340 g/mol. The zero-order valence-electron chi connectivity index (χ0n) is 11.4. The molecule has 2 heterocycles. The van der Waals surface area contributed by atoms with Gasteiger partial charge in [0.25, 0.3) is 0 Å². The fraction of sp³-hybridized carbons (Fsp3) is 0.533. The van der Waals surface area contributed by atoms with Gasteiger partial charge in [-0.25, -0.2) is 0 Å². The molecule has 2 saturated heterocycles. The highest BCUT2D eigenvalue weighted by atomic mass is 79.9. The van der Waals surface area contributed by atoms with Crippen LogP contribution in [0.25, 0.3) is 0 Å². The minimum absolute atomic E-state index is 0.00281. The van der Waals surface area contributed by atoms with Gasteiger partial charge in [-0.05, 0) is 18.6 Å². The van der Waals surface area contributed by atoms with E-state index in [4.69, 9.17) is 9.47 Å². The maximum atomic E-state index is 11.9. The van der Waals surface area contributed by atoms with Crippen LogP contribution < -0.4 is 0 Å². The maximum absolute atomic E-state index is 11.9. The number of ether oxygens (including phenoxy) is 2. The zero-order valence-corrected chi connectivity index (χ0v) is 13.0. The molecule has 2 aliphatic heterocycles. The van der Waals surface area contributed by atoms with E-state index in [2.05, 4.69) is 26.9 Å². The van der Waals surface area contributed by atoms with E-state index < -0.39 is 0 Å². The smallest absolute Gasteiger partial charge is 0.323 e. The van der Waals surface area contributed by atoms with Crippen LogP contribution in [-0.2, 0) is 14.3 Å². The molecule has 0 aromatic heterocycles. The normalized spacial score (nSPS) is 31.3. The van der Waals surface area contributed by atoms with Crippen LogP contribution in [0.4, 0.5) is 0 Å². The van der Waals surface area contributed by atoms with Crippen molar-refractivity contribution in [1.82, 2.24) is 4.90 Å². The number of morpholine rings is 1. The SMILES string of the molecule is CC1CC(N2CCOC(c3ccccc3Br)C2)C(=O)O1. The molecule has 2 aliphatic rings. The molecule has 5 heteroatoms. The summed E-state index contributed by atoms with van der Waals surface area (Å²) in [4.78, 5) is 14.1. The molecule has 1 aromatic rings. The van der Waals surface area contributed by atoms with Crippen molar-refractivity contribution in [2.45, 2.75) is 31.6 Å². The van der Waals surface area contributed by atoms with E-state index in [1.807, 2.05) is 25.1 Å². The Morgan fingerprint density at radius 2 is 2.15 bits per heavy atom. The molecule has 108 valence electrons. The monoisotopic (exact) mass is 339 g/mol. The molecule has 4 nitrogen and oxygen atoms in total. The molecular formula is C15H18BrNO3. The third-order valence-electron chi connectivity index (χ3n) is 3.94. The lowest BCUT2D eigenvalue weighted by Gasteiger charge is -2.35. The molecule has 3 rings (SSSR count). The number of benzene rings is 1. The van der Waals surface area contributed by atoms with Crippen LogP contribution in [0, 0.1) is 0 Å². The van der Waals surface area contributed by atoms with Crippen molar-refractivity contribution >= 4 is 21.9 Å². The Labute approximate surface area is 127 Å². The Morgan fingerprint density at radius 3 is 2.85 bits per heavy atom. The Kier molecular flexibility index (Phi) is 4.10. The topological polar surface area (TPSA) is 38.8 Å². The van der Waals surface area contributed by atoms with Crippen LogP contribution in [0.3, 0.4) is 0 Å². The lowest BCUT2D eigenvalue weighted by atomic mass is 10.1. The van der Waals surface area contributed by atoms with E-state index >= 15 is 0 Å². The van der Waals surface area contributed by atoms with Crippen molar-refractivity contribution in [1.29, 1.82) is 0 Å². The Hall–Kier alpha value is -0.910. The van der Waals surface area contributed by atoms with Crippen LogP contribution in [0.5, 0.6) is 0 Å². The minimum atomic E-state index is -0.112. The Bertz CT molecular complexity index is 508. The van der Waals surface area contributed by atoms with Gasteiger partial charge in [-0.15, -0.1) is 0 Å². The summed E-state index contributed by atoms with van der Waals surface area (Å²) in [6, 6.07) is 7.97. The predicted octanol–water partition coefficient (Wildman–Crippen LogP) is 2.53. The van der Waals surface area contributed by atoms with Gasteiger partial charge in [0.05, 0.1) is 12.7 Å². The third kappa shape index (κ3) is 2.75. The first-order valence-electron chi connectivity index (χ1n) is 6.95. The Morgan fingerprint density at radius 1 is 1.35 bits per heavy atom. The lowest BCUT2D eigenvalue weighted by Crippen LogP contribution is -2.46. The van der Waals surface area contributed by atoms with E-state index in [0.717, 1.165) is 29.5 Å². The van der Waals surface area contributed by atoms with Crippen LogP contribution in [0.1, 0.15) is 25.0 Å². The van der Waals surface area contributed by atoms with Gasteiger partial charge in [-0.2, -0.15) is 0 Å². The third-order valence-corrected chi connectivity index (χ3v) is 4.66. The summed E-state index contributed by atoms with van der Waals surface area (Å²) in [6.07, 6.45) is 0.807. The van der Waals surface area contributed by atoms with Crippen LogP contribution >= 0.6 is 15.9 Å². The summed E-state index contributed by atoms with van der Waals surface area (Å²) in [5.74, 6) is -0.0923. The molecule has 0 spiro atoms. The minimum Gasteiger partial charge on any atom is -0.461 e. The number of halogens is 1. The number of esters is 1. The number of carbonyl (C=O) groups is 1. The highest BCUT2D eigenvalue weighted by molar-refractivity contribution is 9.10. The highest BCUT2D eigenvalue weighted by Crippen LogP contribution is 2.31. The predicted molar refractivity (Wildman–Crippen MR) is 78.4 cm³/mol. The van der Waals surface area contributed by atoms with Crippen molar-refractivity contribution < 1.29 is 14.3 Å². The number of hydrogen-bond donors (Lipinski definition) is 0. The van der Waals surface area contributed by atoms with Crippen molar-refractivity contribution in [2.24, 2.45) is 0 Å².